The number of fused-ring (bicyclic) bond motifs is 1. The summed E-state index contributed by atoms with van der Waals surface area (Å²) in [6.07, 6.45) is 0. The molecule has 0 saturated carbocycles. The molecule has 2 aromatic carbocycles. The minimum atomic E-state index is -0.179. The molecule has 1 aromatic heterocycles. The fourth-order valence-corrected chi connectivity index (χ4v) is 1.91. The zero-order chi connectivity index (χ0) is 11.0. The van der Waals surface area contributed by atoms with E-state index in [0.717, 1.165) is 11.1 Å². The lowest BCUT2D eigenvalue weighted by Crippen LogP contribution is -1.79. The van der Waals surface area contributed by atoms with Gasteiger partial charge in [0.15, 0.2) is 5.82 Å². The average Bonchev–Trinajstić information content (AvgIpc) is 2.69. The molecule has 1 heterocycles. The van der Waals surface area contributed by atoms with Crippen molar-refractivity contribution in [2.24, 2.45) is 0 Å². The van der Waals surface area contributed by atoms with Crippen LogP contribution in [0.2, 0.25) is 0 Å². The lowest BCUT2D eigenvalue weighted by atomic mass is 10.1. The summed E-state index contributed by atoms with van der Waals surface area (Å²) in [5.41, 5.74) is 2.26. The van der Waals surface area contributed by atoms with Crippen molar-refractivity contribution >= 4 is 10.9 Å². The van der Waals surface area contributed by atoms with Gasteiger partial charge in [-0.25, -0.2) is 4.39 Å². The van der Waals surface area contributed by atoms with Crippen molar-refractivity contribution in [3.8, 4) is 11.3 Å². The van der Waals surface area contributed by atoms with Crippen LogP contribution in [0.4, 0.5) is 4.39 Å². The lowest BCUT2D eigenvalue weighted by molar-refractivity contribution is 0.643. The van der Waals surface area contributed by atoms with Gasteiger partial charge in [0.2, 0.25) is 0 Å². The van der Waals surface area contributed by atoms with Crippen molar-refractivity contribution in [1.82, 2.24) is 4.98 Å². The van der Waals surface area contributed by atoms with Gasteiger partial charge in [-0.2, -0.15) is 0 Å². The zero-order valence-corrected chi connectivity index (χ0v) is 8.57. The van der Waals surface area contributed by atoms with Gasteiger partial charge in [0, 0.05) is 16.5 Å². The van der Waals surface area contributed by atoms with E-state index in [9.17, 15) is 4.39 Å². The smallest absolute Gasteiger partial charge is 0.156 e. The maximum Gasteiger partial charge on any atom is 0.156 e. The average molecular weight is 211 g/mol. The predicted octanol–water partition coefficient (Wildman–Crippen LogP) is 3.97. The van der Waals surface area contributed by atoms with Crippen molar-refractivity contribution in [3.05, 3.63) is 60.4 Å². The summed E-state index contributed by atoms with van der Waals surface area (Å²) in [6.45, 7) is 0. The normalized spacial score (nSPS) is 10.8. The van der Waals surface area contributed by atoms with E-state index in [1.54, 1.807) is 6.07 Å². The van der Waals surface area contributed by atoms with Crippen LogP contribution >= 0.6 is 0 Å². The third-order valence-corrected chi connectivity index (χ3v) is 2.71. The largest absolute Gasteiger partial charge is 0.352 e. The van der Waals surface area contributed by atoms with Gasteiger partial charge in [0.05, 0.1) is 5.69 Å². The van der Waals surface area contributed by atoms with Gasteiger partial charge in [-0.3, -0.25) is 0 Å². The summed E-state index contributed by atoms with van der Waals surface area (Å²) in [7, 11) is 0. The number of hydrogen-bond acceptors (Lipinski definition) is 0. The molecule has 0 spiro atoms. The first kappa shape index (κ1) is 9.16. The highest BCUT2D eigenvalue weighted by Crippen LogP contribution is 2.28. The monoisotopic (exact) mass is 211 g/mol. The second-order valence-corrected chi connectivity index (χ2v) is 3.73. The second-order valence-electron chi connectivity index (χ2n) is 3.73. The molecule has 0 fully saturated rings. The molecule has 0 radical (unpaired) electrons. The van der Waals surface area contributed by atoms with E-state index in [1.165, 1.54) is 0 Å². The molecule has 3 aromatic rings. The molecule has 1 N–H and O–H groups in total. The second kappa shape index (κ2) is 3.49. The minimum Gasteiger partial charge on any atom is -0.352 e. The Bertz CT molecular complexity index is 626. The Labute approximate surface area is 92.5 Å². The third-order valence-electron chi connectivity index (χ3n) is 2.71. The highest BCUT2D eigenvalue weighted by Gasteiger charge is 2.11. The van der Waals surface area contributed by atoms with E-state index >= 15 is 0 Å². The molecule has 78 valence electrons. The highest BCUT2D eigenvalue weighted by molar-refractivity contribution is 5.86. The van der Waals surface area contributed by atoms with Crippen LogP contribution in [-0.4, -0.2) is 4.98 Å². The maximum absolute atomic E-state index is 14.1. The molecule has 0 unspecified atom stereocenters. The van der Waals surface area contributed by atoms with E-state index in [2.05, 4.69) is 4.98 Å². The minimum absolute atomic E-state index is 0.179. The molecular formula is C14H10FN. The van der Waals surface area contributed by atoms with Gasteiger partial charge in [-0.15, -0.1) is 0 Å². The molecule has 0 aliphatic rings. The van der Waals surface area contributed by atoms with Gasteiger partial charge in [0.1, 0.15) is 0 Å². The summed E-state index contributed by atoms with van der Waals surface area (Å²) in [5, 5.41) is 0.640. The van der Waals surface area contributed by atoms with Crippen molar-refractivity contribution in [2.75, 3.05) is 0 Å². The van der Waals surface area contributed by atoms with Gasteiger partial charge in [-0.05, 0) is 12.1 Å². The number of nitrogens with one attached hydrogen (secondary N) is 1. The highest BCUT2D eigenvalue weighted by atomic mass is 19.1. The SMILES string of the molecule is Fc1c(-c2ccccc2)[nH]c2ccccc12. The molecule has 0 atom stereocenters. The van der Waals surface area contributed by atoms with Gasteiger partial charge >= 0.3 is 0 Å². The molecule has 16 heavy (non-hydrogen) atoms. The van der Waals surface area contributed by atoms with Crippen molar-refractivity contribution in [2.45, 2.75) is 0 Å². The van der Waals surface area contributed by atoms with E-state index in [4.69, 9.17) is 0 Å². The van der Waals surface area contributed by atoms with Crippen LogP contribution in [0.15, 0.2) is 54.6 Å². The summed E-state index contributed by atoms with van der Waals surface area (Å²) >= 11 is 0. The van der Waals surface area contributed by atoms with E-state index in [-0.39, 0.29) is 5.82 Å². The number of aromatic nitrogens is 1. The molecule has 0 aliphatic heterocycles. The Morgan fingerprint density at radius 2 is 1.50 bits per heavy atom. The van der Waals surface area contributed by atoms with Crippen molar-refractivity contribution < 1.29 is 4.39 Å². The third kappa shape index (κ3) is 1.31. The topological polar surface area (TPSA) is 15.8 Å². The number of para-hydroxylation sites is 1. The summed E-state index contributed by atoms with van der Waals surface area (Å²) < 4.78 is 14.1. The Morgan fingerprint density at radius 1 is 0.812 bits per heavy atom. The summed E-state index contributed by atoms with van der Waals surface area (Å²) in [6, 6.07) is 16.9. The van der Waals surface area contributed by atoms with Crippen LogP contribution in [0.1, 0.15) is 0 Å². The Hall–Kier alpha value is -2.09. The lowest BCUT2D eigenvalue weighted by Gasteiger charge is -1.96. The predicted molar refractivity (Wildman–Crippen MR) is 63.7 cm³/mol. The van der Waals surface area contributed by atoms with Crippen molar-refractivity contribution in [3.63, 3.8) is 0 Å². The van der Waals surface area contributed by atoms with Gasteiger partial charge in [-0.1, -0.05) is 42.5 Å². The Kier molecular flexibility index (Phi) is 2.00. The first-order valence-corrected chi connectivity index (χ1v) is 5.18. The Balaban J connectivity index is 2.29. The van der Waals surface area contributed by atoms with Crippen LogP contribution < -0.4 is 0 Å². The van der Waals surface area contributed by atoms with Crippen LogP contribution in [0.3, 0.4) is 0 Å². The van der Waals surface area contributed by atoms with Gasteiger partial charge in [0.25, 0.3) is 0 Å². The summed E-state index contributed by atoms with van der Waals surface area (Å²) in [4.78, 5) is 3.11. The molecule has 1 nitrogen and oxygen atoms in total. The van der Waals surface area contributed by atoms with E-state index < -0.39 is 0 Å². The molecule has 0 aliphatic carbocycles. The molecule has 0 amide bonds. The molecule has 0 bridgehead atoms. The number of benzene rings is 2. The maximum atomic E-state index is 14.1. The fraction of sp³-hybridized carbons (Fsp3) is 0. The van der Waals surface area contributed by atoms with Crippen LogP contribution in [0, 0.1) is 5.82 Å². The molecule has 2 heteroatoms. The standard InChI is InChI=1S/C14H10FN/c15-13-11-8-4-5-9-12(11)16-14(13)10-6-2-1-3-7-10/h1-9,16H. The summed E-state index contributed by atoms with van der Waals surface area (Å²) in [5.74, 6) is -0.179. The molecular weight excluding hydrogens is 201 g/mol. The number of aromatic amines is 1. The van der Waals surface area contributed by atoms with Gasteiger partial charge < -0.3 is 4.98 Å². The first-order chi connectivity index (χ1) is 7.86. The molecule has 0 saturated heterocycles. The van der Waals surface area contributed by atoms with E-state index in [0.29, 0.717) is 11.1 Å². The Morgan fingerprint density at radius 3 is 2.25 bits per heavy atom. The van der Waals surface area contributed by atoms with Crippen LogP contribution in [0.5, 0.6) is 0 Å². The fourth-order valence-electron chi connectivity index (χ4n) is 1.91. The quantitative estimate of drug-likeness (QED) is 0.626. The number of rotatable bonds is 1. The van der Waals surface area contributed by atoms with Crippen LogP contribution in [-0.2, 0) is 0 Å². The molecule has 3 rings (SSSR count). The zero-order valence-electron chi connectivity index (χ0n) is 8.57. The first-order valence-electron chi connectivity index (χ1n) is 5.18. The van der Waals surface area contributed by atoms with E-state index in [1.807, 2.05) is 48.5 Å². The number of H-pyrrole nitrogens is 1. The van der Waals surface area contributed by atoms with Crippen molar-refractivity contribution in [1.29, 1.82) is 0 Å². The number of halogens is 1. The van der Waals surface area contributed by atoms with Crippen LogP contribution in [0.25, 0.3) is 22.2 Å². The number of hydrogen-bond donors (Lipinski definition) is 1.